The number of nitrogens with one attached hydrogen (secondary N) is 1. The fourth-order valence-electron chi connectivity index (χ4n) is 4.70. The van der Waals surface area contributed by atoms with Gasteiger partial charge < -0.3 is 10.2 Å². The standard InChI is InChI=1S/C34H35Cl2N3O4S/c1-2-3-22-37-34(41)32(23-26-10-6-4-7-11-26)38(24-27-14-16-28(35)17-15-27)33(40)25-39(30-20-18-29(36)19-21-30)44(42,43)31-12-8-5-9-13-31/h4-21,32H,2-3,22-25H2,1H3,(H,37,41)/t32-/m0/s1. The van der Waals surface area contributed by atoms with Gasteiger partial charge in [0.15, 0.2) is 0 Å². The SMILES string of the molecule is CCCCNC(=O)[C@H](Cc1ccccc1)N(Cc1ccc(Cl)cc1)C(=O)CN(c1ccc(Cl)cc1)S(=O)(=O)c1ccccc1. The summed E-state index contributed by atoms with van der Waals surface area (Å²) in [6.07, 6.45) is 1.92. The molecule has 0 fully saturated rings. The minimum absolute atomic E-state index is 0.0325. The van der Waals surface area contributed by atoms with Crippen molar-refractivity contribution < 1.29 is 18.0 Å². The molecule has 4 rings (SSSR count). The number of hydrogen-bond donors (Lipinski definition) is 1. The van der Waals surface area contributed by atoms with Crippen LogP contribution in [0.15, 0.2) is 114 Å². The molecule has 1 N–H and O–H groups in total. The highest BCUT2D eigenvalue weighted by molar-refractivity contribution is 7.92. The Hall–Kier alpha value is -3.85. The minimum Gasteiger partial charge on any atom is -0.354 e. The first-order valence-corrected chi connectivity index (χ1v) is 16.6. The second kappa shape index (κ2) is 15.7. The van der Waals surface area contributed by atoms with Crippen LogP contribution < -0.4 is 9.62 Å². The Morgan fingerprint density at radius 1 is 0.773 bits per heavy atom. The number of anilines is 1. The van der Waals surface area contributed by atoms with E-state index in [1.807, 2.05) is 37.3 Å². The maximum absolute atomic E-state index is 14.4. The quantitative estimate of drug-likeness (QED) is 0.153. The predicted molar refractivity (Wildman–Crippen MR) is 176 cm³/mol. The van der Waals surface area contributed by atoms with Crippen LogP contribution in [0, 0.1) is 0 Å². The molecule has 7 nitrogen and oxygen atoms in total. The van der Waals surface area contributed by atoms with Crippen molar-refractivity contribution in [3.63, 3.8) is 0 Å². The van der Waals surface area contributed by atoms with Gasteiger partial charge in [-0.15, -0.1) is 0 Å². The maximum atomic E-state index is 14.4. The average Bonchev–Trinajstić information content (AvgIpc) is 3.03. The molecule has 0 aliphatic carbocycles. The van der Waals surface area contributed by atoms with Crippen LogP contribution in [0.3, 0.4) is 0 Å². The molecular formula is C34H35Cl2N3O4S. The van der Waals surface area contributed by atoms with E-state index < -0.39 is 28.5 Å². The summed E-state index contributed by atoms with van der Waals surface area (Å²) in [4.78, 5) is 29.6. The van der Waals surface area contributed by atoms with Crippen molar-refractivity contribution in [2.24, 2.45) is 0 Å². The molecule has 0 saturated carbocycles. The summed E-state index contributed by atoms with van der Waals surface area (Å²) < 4.78 is 29.0. The highest BCUT2D eigenvalue weighted by atomic mass is 35.5. The molecule has 4 aromatic rings. The van der Waals surface area contributed by atoms with E-state index in [1.54, 1.807) is 66.7 Å². The highest BCUT2D eigenvalue weighted by Crippen LogP contribution is 2.26. The molecule has 0 aromatic heterocycles. The summed E-state index contributed by atoms with van der Waals surface area (Å²) >= 11 is 12.2. The zero-order chi connectivity index (χ0) is 31.5. The Morgan fingerprint density at radius 3 is 1.93 bits per heavy atom. The van der Waals surface area contributed by atoms with Gasteiger partial charge in [0, 0.05) is 29.6 Å². The smallest absolute Gasteiger partial charge is 0.264 e. The lowest BCUT2D eigenvalue weighted by molar-refractivity contribution is -0.140. The first-order chi connectivity index (χ1) is 21.2. The van der Waals surface area contributed by atoms with Crippen molar-refractivity contribution in [1.82, 2.24) is 10.2 Å². The number of sulfonamides is 1. The Morgan fingerprint density at radius 2 is 1.34 bits per heavy atom. The van der Waals surface area contributed by atoms with Gasteiger partial charge in [-0.2, -0.15) is 0 Å². The highest BCUT2D eigenvalue weighted by Gasteiger charge is 2.34. The number of halogens is 2. The van der Waals surface area contributed by atoms with Gasteiger partial charge in [-0.25, -0.2) is 8.42 Å². The van der Waals surface area contributed by atoms with Crippen LogP contribution in [0.5, 0.6) is 0 Å². The van der Waals surface area contributed by atoms with E-state index in [-0.39, 0.29) is 29.5 Å². The zero-order valence-corrected chi connectivity index (χ0v) is 26.7. The van der Waals surface area contributed by atoms with Gasteiger partial charge in [0.1, 0.15) is 12.6 Å². The molecule has 2 amide bonds. The van der Waals surface area contributed by atoms with Crippen molar-refractivity contribution in [2.75, 3.05) is 17.4 Å². The third-order valence-electron chi connectivity index (χ3n) is 7.09. The number of benzene rings is 4. The molecule has 1 atom stereocenters. The lowest BCUT2D eigenvalue weighted by atomic mass is 10.0. The molecule has 10 heteroatoms. The fraction of sp³-hybridized carbons (Fsp3) is 0.235. The number of amides is 2. The first kappa shape index (κ1) is 33.1. The van der Waals surface area contributed by atoms with Crippen LogP contribution in [-0.4, -0.2) is 44.3 Å². The van der Waals surface area contributed by atoms with Gasteiger partial charge in [0.25, 0.3) is 10.0 Å². The predicted octanol–water partition coefficient (Wildman–Crippen LogP) is 6.75. The lowest BCUT2D eigenvalue weighted by Crippen LogP contribution is -2.53. The van der Waals surface area contributed by atoms with Crippen molar-refractivity contribution in [3.05, 3.63) is 130 Å². The molecule has 0 saturated heterocycles. The minimum atomic E-state index is -4.17. The van der Waals surface area contributed by atoms with Crippen LogP contribution >= 0.6 is 23.2 Å². The van der Waals surface area contributed by atoms with E-state index in [2.05, 4.69) is 5.32 Å². The lowest BCUT2D eigenvalue weighted by Gasteiger charge is -2.34. The van der Waals surface area contributed by atoms with E-state index in [9.17, 15) is 18.0 Å². The summed E-state index contributed by atoms with van der Waals surface area (Å²) in [6.45, 7) is 2.01. The molecule has 0 aliphatic rings. The number of carbonyl (C=O) groups excluding carboxylic acids is 2. The monoisotopic (exact) mass is 651 g/mol. The second-order valence-corrected chi connectivity index (χ2v) is 13.0. The van der Waals surface area contributed by atoms with Crippen LogP contribution in [0.25, 0.3) is 0 Å². The van der Waals surface area contributed by atoms with Gasteiger partial charge in [0.05, 0.1) is 10.6 Å². The molecular weight excluding hydrogens is 617 g/mol. The molecule has 0 bridgehead atoms. The summed E-state index contributed by atoms with van der Waals surface area (Å²) in [5.74, 6) is -0.852. The zero-order valence-electron chi connectivity index (χ0n) is 24.4. The summed E-state index contributed by atoms with van der Waals surface area (Å²) in [5, 5.41) is 3.94. The number of rotatable bonds is 14. The van der Waals surface area contributed by atoms with E-state index in [0.717, 1.165) is 28.3 Å². The van der Waals surface area contributed by atoms with Crippen LogP contribution in [0.4, 0.5) is 5.69 Å². The summed E-state index contributed by atoms with van der Waals surface area (Å²) in [7, 11) is -4.17. The van der Waals surface area contributed by atoms with Gasteiger partial charge in [-0.1, -0.05) is 97.2 Å². The Labute approximate surface area is 269 Å². The van der Waals surface area contributed by atoms with Gasteiger partial charge in [0.2, 0.25) is 11.8 Å². The summed E-state index contributed by atoms with van der Waals surface area (Å²) in [5.41, 5.74) is 1.87. The normalized spacial score (nSPS) is 11.9. The Kier molecular flexibility index (Phi) is 11.8. The largest absolute Gasteiger partial charge is 0.354 e. The van der Waals surface area contributed by atoms with Gasteiger partial charge >= 0.3 is 0 Å². The second-order valence-electron chi connectivity index (χ2n) is 10.3. The molecule has 0 radical (unpaired) electrons. The Balaban J connectivity index is 1.77. The third kappa shape index (κ3) is 8.85. The molecule has 0 spiro atoms. The van der Waals surface area contributed by atoms with Gasteiger partial charge in [-0.3, -0.25) is 13.9 Å². The average molecular weight is 653 g/mol. The summed E-state index contributed by atoms with van der Waals surface area (Å²) in [6, 6.07) is 29.7. The number of unbranched alkanes of at least 4 members (excludes halogenated alkanes) is 1. The molecule has 230 valence electrons. The first-order valence-electron chi connectivity index (χ1n) is 14.4. The number of nitrogens with zero attached hydrogens (tertiary/aromatic N) is 2. The molecule has 0 unspecified atom stereocenters. The molecule has 4 aromatic carbocycles. The van der Waals surface area contributed by atoms with Crippen molar-refractivity contribution in [2.45, 2.75) is 43.7 Å². The van der Waals surface area contributed by atoms with E-state index >= 15 is 0 Å². The third-order valence-corrected chi connectivity index (χ3v) is 9.38. The number of hydrogen-bond acceptors (Lipinski definition) is 4. The molecule has 0 heterocycles. The molecule has 0 aliphatic heterocycles. The van der Waals surface area contributed by atoms with Crippen LogP contribution in [0.1, 0.15) is 30.9 Å². The maximum Gasteiger partial charge on any atom is 0.264 e. The van der Waals surface area contributed by atoms with E-state index in [0.29, 0.717) is 16.6 Å². The number of carbonyl (C=O) groups is 2. The van der Waals surface area contributed by atoms with Gasteiger partial charge in [-0.05, 0) is 66.1 Å². The van der Waals surface area contributed by atoms with Crippen LogP contribution in [0.2, 0.25) is 10.0 Å². The van der Waals surface area contributed by atoms with Crippen molar-refractivity contribution in [1.29, 1.82) is 0 Å². The fourth-order valence-corrected chi connectivity index (χ4v) is 6.39. The molecule has 44 heavy (non-hydrogen) atoms. The van der Waals surface area contributed by atoms with E-state index in [1.165, 1.54) is 17.0 Å². The van der Waals surface area contributed by atoms with E-state index in [4.69, 9.17) is 23.2 Å². The van der Waals surface area contributed by atoms with Crippen LogP contribution in [-0.2, 0) is 32.6 Å². The topological polar surface area (TPSA) is 86.8 Å². The Bertz CT molecular complexity index is 1620. The van der Waals surface area contributed by atoms with Crippen molar-refractivity contribution >= 4 is 50.7 Å². The van der Waals surface area contributed by atoms with Crippen molar-refractivity contribution in [3.8, 4) is 0 Å².